The molecule has 1 unspecified atom stereocenters. The van der Waals surface area contributed by atoms with Gasteiger partial charge in [-0.05, 0) is 57.1 Å². The fraction of sp³-hybridized carbons (Fsp3) is 0.714. The maximum atomic E-state index is 6.56. The Morgan fingerprint density at radius 2 is 2.06 bits per heavy atom. The van der Waals surface area contributed by atoms with Crippen molar-refractivity contribution >= 4 is 11.3 Å². The molecule has 2 nitrogen and oxygen atoms in total. The van der Waals surface area contributed by atoms with Crippen LogP contribution in [0.4, 0.5) is 0 Å². The Bertz CT molecular complexity index is 337. The van der Waals surface area contributed by atoms with Crippen molar-refractivity contribution < 1.29 is 0 Å². The van der Waals surface area contributed by atoms with E-state index >= 15 is 0 Å². The van der Waals surface area contributed by atoms with Crippen LogP contribution >= 0.6 is 11.3 Å². The van der Waals surface area contributed by atoms with Crippen LogP contribution in [0.15, 0.2) is 17.5 Å². The molecule has 1 atom stereocenters. The summed E-state index contributed by atoms with van der Waals surface area (Å²) in [5.74, 6) is 0.860. The highest BCUT2D eigenvalue weighted by Crippen LogP contribution is 2.43. The molecule has 1 aliphatic rings. The van der Waals surface area contributed by atoms with Gasteiger partial charge in [0.15, 0.2) is 0 Å². The second-order valence-electron chi connectivity index (χ2n) is 5.67. The maximum absolute atomic E-state index is 6.56. The van der Waals surface area contributed by atoms with E-state index in [0.29, 0.717) is 0 Å². The van der Waals surface area contributed by atoms with Crippen molar-refractivity contribution in [1.29, 1.82) is 0 Å². The summed E-state index contributed by atoms with van der Waals surface area (Å²) in [6, 6.07) is 4.44. The van der Waals surface area contributed by atoms with Gasteiger partial charge in [0.25, 0.3) is 0 Å². The first-order valence-electron chi connectivity index (χ1n) is 6.52. The molecule has 0 spiro atoms. The van der Waals surface area contributed by atoms with Crippen molar-refractivity contribution in [2.75, 3.05) is 14.1 Å². The summed E-state index contributed by atoms with van der Waals surface area (Å²) in [6.45, 7) is 2.36. The largest absolute Gasteiger partial charge is 0.322 e. The number of hydrogen-bond donors (Lipinski definition) is 1. The van der Waals surface area contributed by atoms with Gasteiger partial charge in [0, 0.05) is 10.4 Å². The van der Waals surface area contributed by atoms with Gasteiger partial charge in [-0.15, -0.1) is 11.3 Å². The minimum atomic E-state index is 0.157. The zero-order valence-corrected chi connectivity index (χ0v) is 12.0. The predicted molar refractivity (Wildman–Crippen MR) is 75.3 cm³/mol. The first kappa shape index (κ1) is 13.1. The van der Waals surface area contributed by atoms with Crippen LogP contribution in [-0.4, -0.2) is 24.5 Å². The smallest absolute Gasteiger partial charge is 0.0576 e. The molecule has 0 saturated heterocycles. The summed E-state index contributed by atoms with van der Waals surface area (Å²) in [7, 11) is 4.37. The summed E-state index contributed by atoms with van der Waals surface area (Å²) in [6.07, 6.45) is 5.05. The average Bonchev–Trinajstić information content (AvgIpc) is 2.82. The molecule has 3 heteroatoms. The third kappa shape index (κ3) is 2.42. The second kappa shape index (κ2) is 5.09. The van der Waals surface area contributed by atoms with Crippen LogP contribution in [0.2, 0.25) is 0 Å². The molecule has 96 valence electrons. The number of nitrogens with two attached hydrogens (primary N) is 1. The fourth-order valence-corrected chi connectivity index (χ4v) is 3.87. The van der Waals surface area contributed by atoms with E-state index in [1.165, 1.54) is 30.6 Å². The first-order chi connectivity index (χ1) is 8.06. The van der Waals surface area contributed by atoms with Crippen LogP contribution < -0.4 is 5.73 Å². The van der Waals surface area contributed by atoms with Crippen LogP contribution in [0, 0.1) is 5.92 Å². The number of likely N-dealkylation sites (N-methyl/N-ethyl adjacent to an activating group) is 1. The minimum absolute atomic E-state index is 0.157. The van der Waals surface area contributed by atoms with Gasteiger partial charge in [0.05, 0.1) is 6.04 Å². The number of nitrogens with zero attached hydrogens (tertiary/aromatic N) is 1. The molecule has 0 amide bonds. The number of thiophene rings is 1. The molecular weight excluding hydrogens is 228 g/mol. The molecule has 0 aliphatic heterocycles. The Morgan fingerprint density at radius 1 is 1.41 bits per heavy atom. The van der Waals surface area contributed by atoms with E-state index in [4.69, 9.17) is 5.73 Å². The summed E-state index contributed by atoms with van der Waals surface area (Å²) >= 11 is 1.79. The van der Waals surface area contributed by atoms with Gasteiger partial charge in [-0.2, -0.15) is 0 Å². The summed E-state index contributed by atoms with van der Waals surface area (Å²) in [5, 5.41) is 2.13. The third-order valence-corrected chi connectivity index (χ3v) is 5.41. The molecule has 0 aromatic carbocycles. The number of rotatable bonds is 3. The van der Waals surface area contributed by atoms with Crippen LogP contribution in [0.3, 0.4) is 0 Å². The van der Waals surface area contributed by atoms with Crippen molar-refractivity contribution in [2.24, 2.45) is 11.7 Å². The molecule has 1 saturated carbocycles. The lowest BCUT2D eigenvalue weighted by atomic mass is 9.72. The Balaban J connectivity index is 2.22. The summed E-state index contributed by atoms with van der Waals surface area (Å²) < 4.78 is 0. The lowest BCUT2D eigenvalue weighted by molar-refractivity contribution is 0.0575. The molecule has 1 fully saturated rings. The summed E-state index contributed by atoms with van der Waals surface area (Å²) in [4.78, 5) is 3.69. The average molecular weight is 252 g/mol. The topological polar surface area (TPSA) is 29.3 Å². The molecule has 0 radical (unpaired) electrons. The van der Waals surface area contributed by atoms with Gasteiger partial charge in [-0.1, -0.05) is 13.0 Å². The highest BCUT2D eigenvalue weighted by Gasteiger charge is 2.42. The molecule has 2 rings (SSSR count). The maximum Gasteiger partial charge on any atom is 0.0576 e. The zero-order valence-electron chi connectivity index (χ0n) is 11.1. The Hall–Kier alpha value is -0.380. The SMILES string of the molecule is CC1CCC(C(N)c2cccs2)(N(C)C)CC1. The molecule has 1 aromatic rings. The van der Waals surface area contributed by atoms with E-state index in [2.05, 4.69) is 43.4 Å². The van der Waals surface area contributed by atoms with Crippen molar-refractivity contribution in [3.05, 3.63) is 22.4 Å². The van der Waals surface area contributed by atoms with E-state index in [9.17, 15) is 0 Å². The van der Waals surface area contributed by atoms with Crippen molar-refractivity contribution in [1.82, 2.24) is 4.90 Å². The van der Waals surface area contributed by atoms with E-state index < -0.39 is 0 Å². The fourth-order valence-electron chi connectivity index (χ4n) is 3.03. The molecule has 17 heavy (non-hydrogen) atoms. The third-order valence-electron chi connectivity index (χ3n) is 4.46. The second-order valence-corrected chi connectivity index (χ2v) is 6.65. The van der Waals surface area contributed by atoms with Crippen LogP contribution in [0.1, 0.15) is 43.5 Å². The first-order valence-corrected chi connectivity index (χ1v) is 7.40. The predicted octanol–water partition coefficient (Wildman–Crippen LogP) is 3.26. The highest BCUT2D eigenvalue weighted by molar-refractivity contribution is 7.10. The molecule has 0 bridgehead atoms. The van der Waals surface area contributed by atoms with Crippen LogP contribution in [0.5, 0.6) is 0 Å². The van der Waals surface area contributed by atoms with Gasteiger partial charge in [0.1, 0.15) is 0 Å². The van der Waals surface area contributed by atoms with Crippen LogP contribution in [-0.2, 0) is 0 Å². The monoisotopic (exact) mass is 252 g/mol. The molecule has 2 N–H and O–H groups in total. The zero-order chi connectivity index (χ0) is 12.5. The number of hydrogen-bond acceptors (Lipinski definition) is 3. The quantitative estimate of drug-likeness (QED) is 0.894. The van der Waals surface area contributed by atoms with Crippen molar-refractivity contribution in [3.8, 4) is 0 Å². The lowest BCUT2D eigenvalue weighted by Gasteiger charge is -2.48. The van der Waals surface area contributed by atoms with Gasteiger partial charge in [-0.3, -0.25) is 0 Å². The Labute approximate surface area is 109 Å². The molecule has 1 aromatic heterocycles. The lowest BCUT2D eigenvalue weighted by Crippen LogP contribution is -2.54. The standard InChI is InChI=1S/C14H24N2S/c1-11-6-8-14(9-7-11,16(2)3)13(15)12-5-4-10-17-12/h4-5,10-11,13H,6-9,15H2,1-3H3. The van der Waals surface area contributed by atoms with Crippen LogP contribution in [0.25, 0.3) is 0 Å². The van der Waals surface area contributed by atoms with Gasteiger partial charge < -0.3 is 10.6 Å². The van der Waals surface area contributed by atoms with E-state index in [1.807, 2.05) is 0 Å². The summed E-state index contributed by atoms with van der Waals surface area (Å²) in [5.41, 5.74) is 6.73. The van der Waals surface area contributed by atoms with Gasteiger partial charge in [0.2, 0.25) is 0 Å². The highest BCUT2D eigenvalue weighted by atomic mass is 32.1. The molecule has 1 heterocycles. The minimum Gasteiger partial charge on any atom is -0.322 e. The van der Waals surface area contributed by atoms with E-state index in [1.54, 1.807) is 11.3 Å². The van der Waals surface area contributed by atoms with Gasteiger partial charge in [-0.25, -0.2) is 0 Å². The van der Waals surface area contributed by atoms with Crippen molar-refractivity contribution in [2.45, 2.75) is 44.2 Å². The molecular formula is C14H24N2S. The van der Waals surface area contributed by atoms with Crippen molar-refractivity contribution in [3.63, 3.8) is 0 Å². The van der Waals surface area contributed by atoms with Gasteiger partial charge >= 0.3 is 0 Å². The molecule has 1 aliphatic carbocycles. The Kier molecular flexibility index (Phi) is 3.91. The normalized spacial score (nSPS) is 31.7. The Morgan fingerprint density at radius 3 is 2.53 bits per heavy atom. The van der Waals surface area contributed by atoms with E-state index in [0.717, 1.165) is 5.92 Å². The van der Waals surface area contributed by atoms with E-state index in [-0.39, 0.29) is 11.6 Å².